The maximum atomic E-state index is 5.70. The second kappa shape index (κ2) is 12.1. The van der Waals surface area contributed by atoms with Gasteiger partial charge in [0.15, 0.2) is 0 Å². The van der Waals surface area contributed by atoms with Crippen molar-refractivity contribution < 1.29 is 4.74 Å². The molecule has 0 aliphatic heterocycles. The fourth-order valence-corrected chi connectivity index (χ4v) is 2.47. The summed E-state index contributed by atoms with van der Waals surface area (Å²) in [4.78, 5) is 0.983. The van der Waals surface area contributed by atoms with Crippen LogP contribution in [0.5, 0.6) is 5.75 Å². The Morgan fingerprint density at radius 2 is 1.25 bits per heavy atom. The molecule has 1 aromatic rings. The monoisotopic (exact) mass is 294 g/mol. The first-order valence-electron chi connectivity index (χ1n) is 8.24. The van der Waals surface area contributed by atoms with Crippen molar-refractivity contribution in [3.8, 4) is 5.75 Å². The van der Waals surface area contributed by atoms with Gasteiger partial charge in [0.2, 0.25) is 0 Å². The largest absolute Gasteiger partial charge is 0.494 e. The minimum atomic E-state index is 0.836. The van der Waals surface area contributed by atoms with Gasteiger partial charge in [-0.1, -0.05) is 64.7 Å². The Kier molecular flexibility index (Phi) is 10.6. The smallest absolute Gasteiger partial charge is 0.119 e. The first kappa shape index (κ1) is 17.4. The van der Waals surface area contributed by atoms with Gasteiger partial charge in [0, 0.05) is 4.90 Å². The van der Waals surface area contributed by atoms with Gasteiger partial charge in [-0.05, 0) is 30.7 Å². The van der Waals surface area contributed by atoms with Crippen LogP contribution in [0.3, 0.4) is 0 Å². The lowest BCUT2D eigenvalue weighted by atomic mass is 10.1. The highest BCUT2D eigenvalue weighted by molar-refractivity contribution is 7.80. The van der Waals surface area contributed by atoms with Crippen LogP contribution in [0, 0.1) is 0 Å². The second-order valence-corrected chi connectivity index (χ2v) is 6.04. The molecule has 0 saturated heterocycles. The Morgan fingerprint density at radius 1 is 0.750 bits per heavy atom. The zero-order chi connectivity index (χ0) is 14.5. The molecule has 0 unspecified atom stereocenters. The van der Waals surface area contributed by atoms with Gasteiger partial charge in [-0.25, -0.2) is 0 Å². The highest BCUT2D eigenvalue weighted by Crippen LogP contribution is 2.15. The number of unbranched alkanes of at least 4 members (excludes halogenated alkanes) is 9. The zero-order valence-corrected chi connectivity index (χ0v) is 13.8. The van der Waals surface area contributed by atoms with Crippen LogP contribution in [0.1, 0.15) is 71.1 Å². The van der Waals surface area contributed by atoms with Gasteiger partial charge in [-0.3, -0.25) is 0 Å². The SMILES string of the molecule is CCCCCCCCCCCCOc1ccc(S)cc1. The first-order chi connectivity index (χ1) is 9.83. The van der Waals surface area contributed by atoms with E-state index in [9.17, 15) is 0 Å². The molecule has 0 bridgehead atoms. The van der Waals surface area contributed by atoms with Crippen LogP contribution in [0.25, 0.3) is 0 Å². The Bertz CT molecular complexity index is 321. The zero-order valence-electron chi connectivity index (χ0n) is 12.9. The van der Waals surface area contributed by atoms with Gasteiger partial charge in [0.25, 0.3) is 0 Å². The summed E-state index contributed by atoms with van der Waals surface area (Å²) in [6.45, 7) is 3.11. The van der Waals surface area contributed by atoms with Crippen molar-refractivity contribution in [3.05, 3.63) is 24.3 Å². The minimum Gasteiger partial charge on any atom is -0.494 e. The Morgan fingerprint density at radius 3 is 1.80 bits per heavy atom. The molecule has 0 spiro atoms. The molecule has 1 rings (SSSR count). The molecule has 0 fully saturated rings. The Labute approximate surface area is 130 Å². The van der Waals surface area contributed by atoms with E-state index in [1.54, 1.807) is 0 Å². The van der Waals surface area contributed by atoms with Crippen LogP contribution < -0.4 is 4.74 Å². The molecule has 0 aromatic heterocycles. The molecular formula is C18H30OS. The molecule has 20 heavy (non-hydrogen) atoms. The van der Waals surface area contributed by atoms with E-state index in [4.69, 9.17) is 4.74 Å². The predicted molar refractivity (Wildman–Crippen MR) is 91.0 cm³/mol. The fraction of sp³-hybridized carbons (Fsp3) is 0.667. The summed E-state index contributed by atoms with van der Waals surface area (Å²) in [7, 11) is 0. The molecule has 0 saturated carbocycles. The second-order valence-electron chi connectivity index (χ2n) is 5.52. The van der Waals surface area contributed by atoms with Crippen LogP contribution in [0.2, 0.25) is 0 Å². The van der Waals surface area contributed by atoms with Gasteiger partial charge >= 0.3 is 0 Å². The summed E-state index contributed by atoms with van der Waals surface area (Å²) in [5.74, 6) is 0.957. The van der Waals surface area contributed by atoms with Crippen LogP contribution in [-0.4, -0.2) is 6.61 Å². The average Bonchev–Trinajstić information content (AvgIpc) is 2.47. The van der Waals surface area contributed by atoms with E-state index < -0.39 is 0 Å². The quantitative estimate of drug-likeness (QED) is 0.353. The molecule has 0 radical (unpaired) electrons. The van der Waals surface area contributed by atoms with Crippen molar-refractivity contribution in [2.45, 2.75) is 76.0 Å². The van der Waals surface area contributed by atoms with Crippen molar-refractivity contribution in [2.75, 3.05) is 6.61 Å². The third-order valence-corrected chi connectivity index (χ3v) is 3.90. The molecule has 0 heterocycles. The molecule has 0 aliphatic rings. The fourth-order valence-electron chi connectivity index (χ4n) is 2.32. The van der Waals surface area contributed by atoms with E-state index in [1.165, 1.54) is 64.2 Å². The third kappa shape index (κ3) is 9.30. The topological polar surface area (TPSA) is 9.23 Å². The lowest BCUT2D eigenvalue weighted by Crippen LogP contribution is -1.97. The number of rotatable bonds is 12. The maximum absolute atomic E-state index is 5.70. The van der Waals surface area contributed by atoms with Gasteiger partial charge in [0.05, 0.1) is 6.61 Å². The summed E-state index contributed by atoms with van der Waals surface area (Å²) in [5.41, 5.74) is 0. The molecule has 0 amide bonds. The van der Waals surface area contributed by atoms with Gasteiger partial charge in [0.1, 0.15) is 5.75 Å². The highest BCUT2D eigenvalue weighted by Gasteiger charge is 1.95. The molecular weight excluding hydrogens is 264 g/mol. The summed E-state index contributed by atoms with van der Waals surface area (Å²) in [5, 5.41) is 0. The Hall–Kier alpha value is -0.630. The molecule has 1 aromatic carbocycles. The van der Waals surface area contributed by atoms with E-state index in [2.05, 4.69) is 19.6 Å². The summed E-state index contributed by atoms with van der Waals surface area (Å²) < 4.78 is 5.70. The molecule has 114 valence electrons. The normalized spacial score (nSPS) is 10.7. The summed E-state index contributed by atoms with van der Waals surface area (Å²) >= 11 is 4.26. The number of thiol groups is 1. The molecule has 0 aliphatic carbocycles. The molecule has 2 heteroatoms. The minimum absolute atomic E-state index is 0.836. The summed E-state index contributed by atoms with van der Waals surface area (Å²) in [6.07, 6.45) is 13.6. The van der Waals surface area contributed by atoms with E-state index in [1.807, 2.05) is 24.3 Å². The molecule has 1 nitrogen and oxygen atoms in total. The van der Waals surface area contributed by atoms with Crippen molar-refractivity contribution in [2.24, 2.45) is 0 Å². The average molecular weight is 295 g/mol. The van der Waals surface area contributed by atoms with Gasteiger partial charge in [-0.15, -0.1) is 12.6 Å². The number of benzene rings is 1. The van der Waals surface area contributed by atoms with E-state index >= 15 is 0 Å². The van der Waals surface area contributed by atoms with Crippen molar-refractivity contribution in [1.29, 1.82) is 0 Å². The summed E-state index contributed by atoms with van der Waals surface area (Å²) in [6, 6.07) is 7.91. The van der Waals surface area contributed by atoms with Gasteiger partial charge < -0.3 is 4.74 Å². The highest BCUT2D eigenvalue weighted by atomic mass is 32.1. The third-order valence-electron chi connectivity index (χ3n) is 3.60. The number of ether oxygens (including phenoxy) is 1. The van der Waals surface area contributed by atoms with Crippen LogP contribution in [0.15, 0.2) is 29.2 Å². The number of hydrogen-bond acceptors (Lipinski definition) is 2. The lowest BCUT2D eigenvalue weighted by molar-refractivity contribution is 0.304. The first-order valence-corrected chi connectivity index (χ1v) is 8.69. The van der Waals surface area contributed by atoms with Crippen molar-refractivity contribution in [3.63, 3.8) is 0 Å². The molecule has 0 N–H and O–H groups in total. The maximum Gasteiger partial charge on any atom is 0.119 e. The van der Waals surface area contributed by atoms with Crippen LogP contribution >= 0.6 is 12.6 Å². The standard InChI is InChI=1S/C18H30OS/c1-2-3-4-5-6-7-8-9-10-11-16-19-17-12-14-18(20)15-13-17/h12-15,20H,2-11,16H2,1H3. The number of hydrogen-bond donors (Lipinski definition) is 1. The molecule has 0 atom stereocenters. The van der Waals surface area contributed by atoms with Crippen LogP contribution in [-0.2, 0) is 0 Å². The van der Waals surface area contributed by atoms with Gasteiger partial charge in [-0.2, -0.15) is 0 Å². The van der Waals surface area contributed by atoms with E-state index in [0.29, 0.717) is 0 Å². The predicted octanol–water partition coefficient (Wildman–Crippen LogP) is 6.28. The van der Waals surface area contributed by atoms with Crippen molar-refractivity contribution >= 4 is 12.6 Å². The Balaban J connectivity index is 1.84. The van der Waals surface area contributed by atoms with Crippen molar-refractivity contribution in [1.82, 2.24) is 0 Å². The van der Waals surface area contributed by atoms with Crippen LogP contribution in [0.4, 0.5) is 0 Å². The van der Waals surface area contributed by atoms with E-state index in [0.717, 1.165) is 17.3 Å². The lowest BCUT2D eigenvalue weighted by Gasteiger charge is -2.06. The van der Waals surface area contributed by atoms with E-state index in [-0.39, 0.29) is 0 Å².